The zero-order chi connectivity index (χ0) is 11.5. The van der Waals surface area contributed by atoms with E-state index in [-0.39, 0.29) is 5.69 Å². The molecule has 0 atom stereocenters. The molecule has 0 saturated carbocycles. The maximum absolute atomic E-state index is 10.6. The molecule has 0 radical (unpaired) electrons. The fourth-order valence-electron chi connectivity index (χ4n) is 1.35. The Morgan fingerprint density at radius 3 is 2.56 bits per heavy atom. The number of rotatable bonds is 3. The number of nitrogens with zero attached hydrogens (tertiary/aromatic N) is 3. The first kappa shape index (κ1) is 10.4. The number of aryl methyl sites for hydroxylation is 1. The highest BCUT2D eigenvalue weighted by molar-refractivity contribution is 5.84. The van der Waals surface area contributed by atoms with Gasteiger partial charge in [-0.25, -0.2) is 4.79 Å². The monoisotopic (exact) mass is 217 g/mol. The lowest BCUT2D eigenvalue weighted by Gasteiger charge is -2.00. The molecule has 0 aliphatic rings. The minimum Gasteiger partial charge on any atom is -0.476 e. The van der Waals surface area contributed by atoms with E-state index in [4.69, 9.17) is 5.11 Å². The summed E-state index contributed by atoms with van der Waals surface area (Å²) in [5.74, 6) is -1.07. The van der Waals surface area contributed by atoms with Gasteiger partial charge in [-0.2, -0.15) is 9.90 Å². The van der Waals surface area contributed by atoms with Gasteiger partial charge in [-0.15, -0.1) is 5.10 Å². The number of carboxylic acids is 1. The van der Waals surface area contributed by atoms with Crippen LogP contribution in [0.1, 0.15) is 23.0 Å². The molecule has 1 heterocycles. The SMILES string of the molecule is CCc1ccc(-n2ncc(C(=O)O)n2)cc1. The third-order valence-electron chi connectivity index (χ3n) is 2.29. The molecule has 0 amide bonds. The topological polar surface area (TPSA) is 68.0 Å². The van der Waals surface area contributed by atoms with Crippen molar-refractivity contribution in [2.75, 3.05) is 0 Å². The molecular formula is C11H11N3O2. The summed E-state index contributed by atoms with van der Waals surface area (Å²) < 4.78 is 0. The van der Waals surface area contributed by atoms with Crippen molar-refractivity contribution in [2.45, 2.75) is 13.3 Å². The summed E-state index contributed by atoms with van der Waals surface area (Å²) in [6.07, 6.45) is 2.20. The fraction of sp³-hybridized carbons (Fsp3) is 0.182. The summed E-state index contributed by atoms with van der Waals surface area (Å²) in [5.41, 5.74) is 1.92. The molecule has 0 aliphatic heterocycles. The van der Waals surface area contributed by atoms with Crippen molar-refractivity contribution in [3.05, 3.63) is 41.7 Å². The summed E-state index contributed by atoms with van der Waals surface area (Å²) in [7, 11) is 0. The lowest BCUT2D eigenvalue weighted by atomic mass is 10.2. The Balaban J connectivity index is 2.31. The Kier molecular flexibility index (Phi) is 2.68. The van der Waals surface area contributed by atoms with Gasteiger partial charge >= 0.3 is 5.97 Å². The van der Waals surface area contributed by atoms with Gasteiger partial charge in [0, 0.05) is 0 Å². The Morgan fingerprint density at radius 1 is 1.38 bits per heavy atom. The van der Waals surface area contributed by atoms with Crippen LogP contribution in [0.25, 0.3) is 5.69 Å². The number of aromatic carboxylic acids is 1. The largest absolute Gasteiger partial charge is 0.476 e. The van der Waals surface area contributed by atoms with Crippen molar-refractivity contribution in [3.8, 4) is 5.69 Å². The third-order valence-corrected chi connectivity index (χ3v) is 2.29. The van der Waals surface area contributed by atoms with Crippen molar-refractivity contribution in [1.82, 2.24) is 15.0 Å². The van der Waals surface area contributed by atoms with Crippen LogP contribution in [-0.4, -0.2) is 26.1 Å². The van der Waals surface area contributed by atoms with E-state index in [1.54, 1.807) is 0 Å². The van der Waals surface area contributed by atoms with E-state index in [1.165, 1.54) is 16.6 Å². The van der Waals surface area contributed by atoms with Crippen molar-refractivity contribution in [3.63, 3.8) is 0 Å². The fourth-order valence-corrected chi connectivity index (χ4v) is 1.35. The smallest absolute Gasteiger partial charge is 0.358 e. The molecule has 0 fully saturated rings. The number of aromatic nitrogens is 3. The van der Waals surface area contributed by atoms with Crippen LogP contribution >= 0.6 is 0 Å². The van der Waals surface area contributed by atoms with Crippen molar-refractivity contribution < 1.29 is 9.90 Å². The first-order valence-corrected chi connectivity index (χ1v) is 4.95. The van der Waals surface area contributed by atoms with Gasteiger partial charge in [0.15, 0.2) is 5.69 Å². The summed E-state index contributed by atoms with van der Waals surface area (Å²) in [5, 5.41) is 16.4. The van der Waals surface area contributed by atoms with E-state index < -0.39 is 5.97 Å². The second-order valence-corrected chi connectivity index (χ2v) is 3.34. The van der Waals surface area contributed by atoms with Crippen LogP contribution in [0.2, 0.25) is 0 Å². The number of hydrogen-bond donors (Lipinski definition) is 1. The van der Waals surface area contributed by atoms with Gasteiger partial charge in [-0.3, -0.25) is 0 Å². The predicted molar refractivity (Wildman–Crippen MR) is 57.7 cm³/mol. The first-order chi connectivity index (χ1) is 7.70. The summed E-state index contributed by atoms with van der Waals surface area (Å²) in [4.78, 5) is 11.9. The zero-order valence-corrected chi connectivity index (χ0v) is 8.79. The molecule has 82 valence electrons. The van der Waals surface area contributed by atoms with Gasteiger partial charge in [-0.05, 0) is 24.1 Å². The van der Waals surface area contributed by atoms with Crippen LogP contribution in [0.15, 0.2) is 30.5 Å². The Morgan fingerprint density at radius 2 is 2.06 bits per heavy atom. The molecule has 1 aromatic carbocycles. The van der Waals surface area contributed by atoms with E-state index in [2.05, 4.69) is 17.1 Å². The molecule has 2 rings (SSSR count). The molecule has 5 heteroatoms. The molecule has 1 aromatic heterocycles. The van der Waals surface area contributed by atoms with Crippen LogP contribution in [0.5, 0.6) is 0 Å². The van der Waals surface area contributed by atoms with Gasteiger partial charge in [0.1, 0.15) is 0 Å². The quantitative estimate of drug-likeness (QED) is 0.846. The average molecular weight is 217 g/mol. The number of hydrogen-bond acceptors (Lipinski definition) is 3. The molecular weight excluding hydrogens is 206 g/mol. The lowest BCUT2D eigenvalue weighted by molar-refractivity contribution is 0.0690. The van der Waals surface area contributed by atoms with E-state index in [0.29, 0.717) is 0 Å². The maximum atomic E-state index is 10.6. The van der Waals surface area contributed by atoms with Crippen LogP contribution in [0.4, 0.5) is 0 Å². The summed E-state index contributed by atoms with van der Waals surface area (Å²) in [6.45, 7) is 2.07. The van der Waals surface area contributed by atoms with Crippen molar-refractivity contribution in [1.29, 1.82) is 0 Å². The predicted octanol–water partition coefficient (Wildman–Crippen LogP) is 1.53. The molecule has 16 heavy (non-hydrogen) atoms. The third kappa shape index (κ3) is 1.93. The maximum Gasteiger partial charge on any atom is 0.358 e. The van der Waals surface area contributed by atoms with Crippen LogP contribution in [-0.2, 0) is 6.42 Å². The minimum absolute atomic E-state index is 0.0560. The molecule has 0 saturated heterocycles. The van der Waals surface area contributed by atoms with E-state index in [0.717, 1.165) is 12.1 Å². The normalized spacial score (nSPS) is 10.3. The number of carbonyl (C=O) groups is 1. The molecule has 0 spiro atoms. The van der Waals surface area contributed by atoms with Crippen LogP contribution < -0.4 is 0 Å². The van der Waals surface area contributed by atoms with Gasteiger partial charge in [-0.1, -0.05) is 19.1 Å². The van der Waals surface area contributed by atoms with Gasteiger partial charge in [0.05, 0.1) is 11.9 Å². The zero-order valence-electron chi connectivity index (χ0n) is 8.79. The van der Waals surface area contributed by atoms with Gasteiger partial charge in [0.2, 0.25) is 0 Å². The first-order valence-electron chi connectivity index (χ1n) is 4.95. The molecule has 1 N–H and O–H groups in total. The highest BCUT2D eigenvalue weighted by Crippen LogP contribution is 2.08. The second kappa shape index (κ2) is 4.14. The average Bonchev–Trinajstić information content (AvgIpc) is 2.78. The van der Waals surface area contributed by atoms with Crippen molar-refractivity contribution >= 4 is 5.97 Å². The Labute approximate surface area is 92.3 Å². The van der Waals surface area contributed by atoms with Gasteiger partial charge in [0.25, 0.3) is 0 Å². The molecule has 2 aromatic rings. The molecule has 5 nitrogen and oxygen atoms in total. The molecule has 0 bridgehead atoms. The minimum atomic E-state index is -1.07. The Hall–Kier alpha value is -2.17. The van der Waals surface area contributed by atoms with Crippen LogP contribution in [0.3, 0.4) is 0 Å². The van der Waals surface area contributed by atoms with E-state index in [9.17, 15) is 4.79 Å². The van der Waals surface area contributed by atoms with Gasteiger partial charge < -0.3 is 5.11 Å². The standard InChI is InChI=1S/C11H11N3O2/c1-2-8-3-5-9(6-4-8)14-12-7-10(13-14)11(15)16/h3-7H,2H2,1H3,(H,15,16). The molecule has 0 unspecified atom stereocenters. The highest BCUT2D eigenvalue weighted by atomic mass is 16.4. The van der Waals surface area contributed by atoms with E-state index in [1.807, 2.05) is 24.3 Å². The van der Waals surface area contributed by atoms with Crippen molar-refractivity contribution in [2.24, 2.45) is 0 Å². The summed E-state index contributed by atoms with van der Waals surface area (Å²) in [6, 6.07) is 7.67. The summed E-state index contributed by atoms with van der Waals surface area (Å²) >= 11 is 0. The second-order valence-electron chi connectivity index (χ2n) is 3.34. The number of carboxylic acid groups (broad SMARTS) is 1. The van der Waals surface area contributed by atoms with E-state index >= 15 is 0 Å². The highest BCUT2D eigenvalue weighted by Gasteiger charge is 2.08. The van der Waals surface area contributed by atoms with Crippen LogP contribution in [0, 0.1) is 0 Å². The number of benzene rings is 1. The lowest BCUT2D eigenvalue weighted by Crippen LogP contribution is -2.02. The molecule has 0 aliphatic carbocycles. The Bertz CT molecular complexity index is 502.